The van der Waals surface area contributed by atoms with Crippen molar-refractivity contribution in [3.63, 3.8) is 0 Å². The maximum Gasteiger partial charge on any atom is 0.0620 e. The third-order valence-electron chi connectivity index (χ3n) is 3.29. The lowest BCUT2D eigenvalue weighted by Crippen LogP contribution is -2.48. The normalized spacial score (nSPS) is 24.9. The number of morpholine rings is 1. The summed E-state index contributed by atoms with van der Waals surface area (Å²) in [5, 5.41) is 7.13. The molecule has 1 aliphatic rings. The maximum atomic E-state index is 5.47. The molecule has 4 heteroatoms. The van der Waals surface area contributed by atoms with Gasteiger partial charge in [-0.25, -0.2) is 0 Å². The molecule has 17 heavy (non-hydrogen) atoms. The third kappa shape index (κ3) is 5.82. The first-order valence-electron chi connectivity index (χ1n) is 6.69. The molecule has 1 rings (SSSR count). The molecule has 1 saturated heterocycles. The molecule has 0 amide bonds. The van der Waals surface area contributed by atoms with Gasteiger partial charge in [-0.15, -0.1) is 0 Å². The van der Waals surface area contributed by atoms with E-state index in [1.54, 1.807) is 7.11 Å². The predicted octanol–water partition coefficient (Wildman–Crippen LogP) is 1.01. The molecule has 1 heterocycles. The number of nitrogens with one attached hydrogen (secondary N) is 2. The van der Waals surface area contributed by atoms with Crippen molar-refractivity contribution in [2.24, 2.45) is 5.92 Å². The zero-order valence-corrected chi connectivity index (χ0v) is 11.7. The fourth-order valence-corrected chi connectivity index (χ4v) is 2.24. The molecule has 0 aromatic rings. The quantitative estimate of drug-likeness (QED) is 0.701. The van der Waals surface area contributed by atoms with E-state index in [1.807, 2.05) is 0 Å². The Kier molecular flexibility index (Phi) is 7.04. The molecular weight excluding hydrogens is 216 g/mol. The summed E-state index contributed by atoms with van der Waals surface area (Å²) < 4.78 is 10.7. The predicted molar refractivity (Wildman–Crippen MR) is 70.3 cm³/mol. The zero-order valence-electron chi connectivity index (χ0n) is 11.7. The van der Waals surface area contributed by atoms with Crippen LogP contribution in [0.4, 0.5) is 0 Å². The second-order valence-corrected chi connectivity index (χ2v) is 5.34. The van der Waals surface area contributed by atoms with Crippen LogP contribution in [0.15, 0.2) is 0 Å². The van der Waals surface area contributed by atoms with Crippen LogP contribution in [0.3, 0.4) is 0 Å². The van der Waals surface area contributed by atoms with Crippen molar-refractivity contribution in [1.29, 1.82) is 0 Å². The smallest absolute Gasteiger partial charge is 0.0620 e. The van der Waals surface area contributed by atoms with E-state index in [4.69, 9.17) is 9.47 Å². The second kappa shape index (κ2) is 8.03. The van der Waals surface area contributed by atoms with E-state index < -0.39 is 0 Å². The Morgan fingerprint density at radius 3 is 2.71 bits per heavy atom. The molecule has 0 saturated carbocycles. The van der Waals surface area contributed by atoms with Crippen molar-refractivity contribution >= 4 is 0 Å². The van der Waals surface area contributed by atoms with E-state index in [0.717, 1.165) is 32.8 Å². The van der Waals surface area contributed by atoms with Crippen molar-refractivity contribution in [2.45, 2.75) is 45.3 Å². The Balaban J connectivity index is 2.27. The van der Waals surface area contributed by atoms with Crippen LogP contribution in [0.1, 0.15) is 27.2 Å². The maximum absolute atomic E-state index is 5.47. The lowest BCUT2D eigenvalue weighted by molar-refractivity contribution is 0.0688. The van der Waals surface area contributed by atoms with Gasteiger partial charge < -0.3 is 20.1 Å². The minimum atomic E-state index is 0.430. The highest BCUT2D eigenvalue weighted by molar-refractivity contribution is 4.79. The van der Waals surface area contributed by atoms with Gasteiger partial charge in [0.1, 0.15) is 0 Å². The molecular formula is C13H28N2O2. The van der Waals surface area contributed by atoms with E-state index >= 15 is 0 Å². The molecule has 0 aliphatic carbocycles. The van der Waals surface area contributed by atoms with Gasteiger partial charge in [-0.1, -0.05) is 13.8 Å². The summed E-state index contributed by atoms with van der Waals surface area (Å²) in [4.78, 5) is 0. The summed E-state index contributed by atoms with van der Waals surface area (Å²) in [6.45, 7) is 10.1. The Hall–Kier alpha value is -0.160. The minimum Gasteiger partial charge on any atom is -0.383 e. The SMILES string of the molecule is COCC(NC(C)CC1COCCN1)C(C)C. The van der Waals surface area contributed by atoms with Gasteiger partial charge in [-0.05, 0) is 19.3 Å². The Morgan fingerprint density at radius 2 is 2.18 bits per heavy atom. The van der Waals surface area contributed by atoms with Gasteiger partial charge in [0.25, 0.3) is 0 Å². The summed E-state index contributed by atoms with van der Waals surface area (Å²) in [6.07, 6.45) is 1.10. The van der Waals surface area contributed by atoms with Gasteiger partial charge in [-0.2, -0.15) is 0 Å². The molecule has 0 spiro atoms. The van der Waals surface area contributed by atoms with Gasteiger partial charge in [0, 0.05) is 31.8 Å². The van der Waals surface area contributed by atoms with Crippen molar-refractivity contribution in [3.8, 4) is 0 Å². The third-order valence-corrected chi connectivity index (χ3v) is 3.29. The molecule has 3 unspecified atom stereocenters. The van der Waals surface area contributed by atoms with Crippen LogP contribution in [0, 0.1) is 5.92 Å². The summed E-state index contributed by atoms with van der Waals surface area (Å²) in [5.41, 5.74) is 0. The zero-order chi connectivity index (χ0) is 12.7. The van der Waals surface area contributed by atoms with Gasteiger partial charge in [-0.3, -0.25) is 0 Å². The number of methoxy groups -OCH3 is 1. The summed E-state index contributed by atoms with van der Waals surface area (Å²) >= 11 is 0. The summed E-state index contributed by atoms with van der Waals surface area (Å²) in [5.74, 6) is 0.591. The van der Waals surface area contributed by atoms with Crippen LogP contribution in [-0.2, 0) is 9.47 Å². The Morgan fingerprint density at radius 1 is 1.41 bits per heavy atom. The van der Waals surface area contributed by atoms with Crippen LogP contribution in [0.2, 0.25) is 0 Å². The van der Waals surface area contributed by atoms with Crippen LogP contribution in [-0.4, -0.2) is 51.6 Å². The van der Waals surface area contributed by atoms with Crippen LogP contribution < -0.4 is 10.6 Å². The van der Waals surface area contributed by atoms with E-state index in [1.165, 1.54) is 0 Å². The number of rotatable bonds is 7. The van der Waals surface area contributed by atoms with Crippen LogP contribution in [0.5, 0.6) is 0 Å². The number of hydrogen-bond donors (Lipinski definition) is 2. The van der Waals surface area contributed by atoms with Gasteiger partial charge in [0.15, 0.2) is 0 Å². The van der Waals surface area contributed by atoms with Crippen molar-refractivity contribution in [3.05, 3.63) is 0 Å². The fraction of sp³-hybridized carbons (Fsp3) is 1.00. The molecule has 0 aromatic carbocycles. The molecule has 102 valence electrons. The first kappa shape index (κ1) is 14.9. The number of hydrogen-bond acceptors (Lipinski definition) is 4. The van der Waals surface area contributed by atoms with Gasteiger partial charge in [0.2, 0.25) is 0 Å². The molecule has 4 nitrogen and oxygen atoms in total. The van der Waals surface area contributed by atoms with Gasteiger partial charge in [0.05, 0.1) is 19.8 Å². The number of ether oxygens (including phenoxy) is 2. The van der Waals surface area contributed by atoms with Crippen LogP contribution in [0.25, 0.3) is 0 Å². The topological polar surface area (TPSA) is 42.5 Å². The average Bonchev–Trinajstić information content (AvgIpc) is 2.29. The van der Waals surface area contributed by atoms with Crippen molar-refractivity contribution < 1.29 is 9.47 Å². The standard InChI is InChI=1S/C13H28N2O2/c1-10(2)13(9-16-4)15-11(3)7-12-8-17-6-5-14-12/h10-15H,5-9H2,1-4H3. The van der Waals surface area contributed by atoms with Crippen LogP contribution >= 0.6 is 0 Å². The van der Waals surface area contributed by atoms with Gasteiger partial charge >= 0.3 is 0 Å². The first-order valence-corrected chi connectivity index (χ1v) is 6.69. The molecule has 1 fully saturated rings. The molecule has 1 aliphatic heterocycles. The fourth-order valence-electron chi connectivity index (χ4n) is 2.24. The lowest BCUT2D eigenvalue weighted by Gasteiger charge is -2.30. The van der Waals surface area contributed by atoms with E-state index in [9.17, 15) is 0 Å². The molecule has 0 bridgehead atoms. The summed E-state index contributed by atoms with van der Waals surface area (Å²) in [7, 11) is 1.76. The molecule has 0 aromatic heterocycles. The van der Waals surface area contributed by atoms with E-state index in [0.29, 0.717) is 24.0 Å². The molecule has 0 radical (unpaired) electrons. The van der Waals surface area contributed by atoms with Crippen molar-refractivity contribution in [1.82, 2.24) is 10.6 Å². The Labute approximate surface area is 105 Å². The first-order chi connectivity index (χ1) is 8.13. The highest BCUT2D eigenvalue weighted by atomic mass is 16.5. The largest absolute Gasteiger partial charge is 0.383 e. The van der Waals surface area contributed by atoms with E-state index in [2.05, 4.69) is 31.4 Å². The average molecular weight is 244 g/mol. The monoisotopic (exact) mass is 244 g/mol. The molecule has 2 N–H and O–H groups in total. The van der Waals surface area contributed by atoms with Crippen molar-refractivity contribution in [2.75, 3.05) is 33.5 Å². The molecule has 3 atom stereocenters. The highest BCUT2D eigenvalue weighted by Crippen LogP contribution is 2.07. The minimum absolute atomic E-state index is 0.430. The second-order valence-electron chi connectivity index (χ2n) is 5.34. The Bertz CT molecular complexity index is 194. The lowest BCUT2D eigenvalue weighted by atomic mass is 10.0. The van der Waals surface area contributed by atoms with E-state index in [-0.39, 0.29) is 0 Å². The summed E-state index contributed by atoms with van der Waals surface area (Å²) in [6, 6.07) is 1.40. The highest BCUT2D eigenvalue weighted by Gasteiger charge is 2.20.